The van der Waals surface area contributed by atoms with Crippen LogP contribution in [0.25, 0.3) is 0 Å². The monoisotopic (exact) mass is 158 g/mol. The molecule has 0 aliphatic carbocycles. The summed E-state index contributed by atoms with van der Waals surface area (Å²) in [5.74, 6) is 0. The van der Waals surface area contributed by atoms with Gasteiger partial charge < -0.3 is 10.2 Å². The lowest BCUT2D eigenvalue weighted by atomic mass is 10.2. The smallest absolute Gasteiger partial charge is 0.0212 e. The lowest BCUT2D eigenvalue weighted by molar-refractivity contribution is 0.271. The van der Waals surface area contributed by atoms with Crippen molar-refractivity contribution in [2.45, 2.75) is 39.3 Å². The van der Waals surface area contributed by atoms with Gasteiger partial charge in [-0.15, -0.1) is 0 Å². The van der Waals surface area contributed by atoms with Crippen LogP contribution in [0.4, 0.5) is 0 Å². The highest BCUT2D eigenvalue weighted by atomic mass is 15.1. The molecule has 0 unspecified atom stereocenters. The van der Waals surface area contributed by atoms with Gasteiger partial charge in [0.05, 0.1) is 0 Å². The topological polar surface area (TPSA) is 15.3 Å². The highest BCUT2D eigenvalue weighted by Crippen LogP contribution is 1.96. The number of nitrogens with one attached hydrogen (secondary N) is 1. The zero-order chi connectivity index (χ0) is 8.85. The zero-order valence-electron chi connectivity index (χ0n) is 8.52. The van der Waals surface area contributed by atoms with E-state index in [0.29, 0.717) is 12.1 Å². The fourth-order valence-electron chi connectivity index (χ4n) is 1.06. The van der Waals surface area contributed by atoms with Crippen LogP contribution in [-0.4, -0.2) is 37.6 Å². The molecule has 0 amide bonds. The molecule has 0 saturated heterocycles. The molecule has 0 fully saturated rings. The first kappa shape index (κ1) is 10.9. The largest absolute Gasteiger partial charge is 0.313 e. The Morgan fingerprint density at radius 2 is 1.82 bits per heavy atom. The minimum atomic E-state index is 0.601. The van der Waals surface area contributed by atoms with Crippen molar-refractivity contribution in [2.24, 2.45) is 0 Å². The van der Waals surface area contributed by atoms with Crippen molar-refractivity contribution < 1.29 is 0 Å². The Hall–Kier alpha value is -0.0800. The van der Waals surface area contributed by atoms with E-state index in [1.807, 2.05) is 0 Å². The van der Waals surface area contributed by atoms with E-state index in [9.17, 15) is 0 Å². The Balaban J connectivity index is 3.52. The molecule has 0 aliphatic rings. The van der Waals surface area contributed by atoms with Gasteiger partial charge in [0.15, 0.2) is 0 Å². The maximum Gasteiger partial charge on any atom is 0.0212 e. The summed E-state index contributed by atoms with van der Waals surface area (Å²) in [4.78, 5) is 2.27. The van der Waals surface area contributed by atoms with Gasteiger partial charge in [-0.2, -0.15) is 0 Å². The predicted octanol–water partition coefficient (Wildman–Crippen LogP) is 1.32. The van der Waals surface area contributed by atoms with E-state index in [4.69, 9.17) is 0 Å². The van der Waals surface area contributed by atoms with Gasteiger partial charge >= 0.3 is 0 Å². The van der Waals surface area contributed by atoms with Crippen LogP contribution in [0, 0.1) is 0 Å². The van der Waals surface area contributed by atoms with Gasteiger partial charge in [-0.25, -0.2) is 0 Å². The Morgan fingerprint density at radius 3 is 2.09 bits per heavy atom. The van der Waals surface area contributed by atoms with Crippen LogP contribution in [0.5, 0.6) is 0 Å². The second-order valence-electron chi connectivity index (χ2n) is 3.59. The van der Waals surface area contributed by atoms with Crippen molar-refractivity contribution in [1.29, 1.82) is 0 Å². The van der Waals surface area contributed by atoms with E-state index in [1.165, 1.54) is 6.42 Å². The second kappa shape index (κ2) is 5.56. The van der Waals surface area contributed by atoms with Gasteiger partial charge in [0.25, 0.3) is 0 Å². The summed E-state index contributed by atoms with van der Waals surface area (Å²) in [6.45, 7) is 7.69. The number of nitrogens with zero attached hydrogens (tertiary/aromatic N) is 1. The van der Waals surface area contributed by atoms with Crippen molar-refractivity contribution in [2.75, 3.05) is 20.6 Å². The Morgan fingerprint density at radius 1 is 1.27 bits per heavy atom. The number of hydrogen-bond acceptors (Lipinski definition) is 2. The molecule has 68 valence electrons. The summed E-state index contributed by atoms with van der Waals surface area (Å²) in [6.07, 6.45) is 1.22. The SMILES string of the molecule is CC[C@H](CNC(C)C)N(C)C. The van der Waals surface area contributed by atoms with Crippen molar-refractivity contribution in [3.05, 3.63) is 0 Å². The van der Waals surface area contributed by atoms with E-state index < -0.39 is 0 Å². The third-order valence-corrected chi connectivity index (χ3v) is 1.96. The van der Waals surface area contributed by atoms with Crippen molar-refractivity contribution in [3.8, 4) is 0 Å². The second-order valence-corrected chi connectivity index (χ2v) is 3.59. The first-order chi connectivity index (χ1) is 5.07. The summed E-state index contributed by atoms with van der Waals surface area (Å²) in [5.41, 5.74) is 0. The molecule has 0 bridgehead atoms. The molecule has 0 heterocycles. The average Bonchev–Trinajstić information content (AvgIpc) is 1.87. The minimum absolute atomic E-state index is 0.601. The lowest BCUT2D eigenvalue weighted by Crippen LogP contribution is -2.39. The first-order valence-electron chi connectivity index (χ1n) is 4.47. The molecular formula is C9H22N2. The van der Waals surface area contributed by atoms with Crippen LogP contribution in [0.3, 0.4) is 0 Å². The first-order valence-corrected chi connectivity index (χ1v) is 4.47. The van der Waals surface area contributed by atoms with Crippen LogP contribution in [0.2, 0.25) is 0 Å². The molecular weight excluding hydrogens is 136 g/mol. The maximum absolute atomic E-state index is 3.44. The Labute approximate surface area is 71.0 Å². The highest BCUT2D eigenvalue weighted by Gasteiger charge is 2.07. The number of likely N-dealkylation sites (N-methyl/N-ethyl adjacent to an activating group) is 1. The molecule has 11 heavy (non-hydrogen) atoms. The average molecular weight is 158 g/mol. The molecule has 0 saturated carbocycles. The molecule has 0 aliphatic heterocycles. The van der Waals surface area contributed by atoms with Crippen LogP contribution in [-0.2, 0) is 0 Å². The minimum Gasteiger partial charge on any atom is -0.313 e. The van der Waals surface area contributed by atoms with Gasteiger partial charge in [0, 0.05) is 18.6 Å². The van der Waals surface area contributed by atoms with Crippen LogP contribution in [0.15, 0.2) is 0 Å². The fourth-order valence-corrected chi connectivity index (χ4v) is 1.06. The fraction of sp³-hybridized carbons (Fsp3) is 1.00. The van der Waals surface area contributed by atoms with E-state index in [2.05, 4.69) is 45.1 Å². The summed E-state index contributed by atoms with van der Waals surface area (Å²) in [7, 11) is 4.27. The van der Waals surface area contributed by atoms with Crippen LogP contribution in [0.1, 0.15) is 27.2 Å². The molecule has 0 rings (SSSR count). The van der Waals surface area contributed by atoms with Crippen LogP contribution >= 0.6 is 0 Å². The lowest BCUT2D eigenvalue weighted by Gasteiger charge is -2.24. The molecule has 0 radical (unpaired) electrons. The summed E-state index contributed by atoms with van der Waals surface area (Å²) in [5, 5.41) is 3.44. The summed E-state index contributed by atoms with van der Waals surface area (Å²) < 4.78 is 0. The highest BCUT2D eigenvalue weighted by molar-refractivity contribution is 4.68. The molecule has 2 nitrogen and oxygen atoms in total. The van der Waals surface area contributed by atoms with Crippen molar-refractivity contribution >= 4 is 0 Å². The van der Waals surface area contributed by atoms with E-state index in [0.717, 1.165) is 6.54 Å². The maximum atomic E-state index is 3.44. The molecule has 1 atom stereocenters. The Kier molecular flexibility index (Phi) is 5.51. The molecule has 0 aromatic heterocycles. The van der Waals surface area contributed by atoms with E-state index in [-0.39, 0.29) is 0 Å². The molecule has 0 aromatic rings. The Bertz CT molecular complexity index is 89.6. The van der Waals surface area contributed by atoms with Crippen LogP contribution < -0.4 is 5.32 Å². The molecule has 2 heteroatoms. The van der Waals surface area contributed by atoms with Crippen molar-refractivity contribution in [3.63, 3.8) is 0 Å². The summed E-state index contributed by atoms with van der Waals surface area (Å²) >= 11 is 0. The number of rotatable bonds is 5. The van der Waals surface area contributed by atoms with Gasteiger partial charge in [-0.05, 0) is 20.5 Å². The predicted molar refractivity (Wildman–Crippen MR) is 50.9 cm³/mol. The van der Waals surface area contributed by atoms with Gasteiger partial charge in [-0.3, -0.25) is 0 Å². The normalized spacial score (nSPS) is 14.5. The third kappa shape index (κ3) is 5.22. The zero-order valence-corrected chi connectivity index (χ0v) is 8.52. The quantitative estimate of drug-likeness (QED) is 0.649. The van der Waals surface area contributed by atoms with Crippen molar-refractivity contribution in [1.82, 2.24) is 10.2 Å². The standard InChI is InChI=1S/C9H22N2/c1-6-9(11(4)5)7-10-8(2)3/h8-10H,6-7H2,1-5H3/t9-/m1/s1. The van der Waals surface area contributed by atoms with Gasteiger partial charge in [-0.1, -0.05) is 20.8 Å². The van der Waals surface area contributed by atoms with Gasteiger partial charge in [0.1, 0.15) is 0 Å². The van der Waals surface area contributed by atoms with E-state index in [1.54, 1.807) is 0 Å². The van der Waals surface area contributed by atoms with Gasteiger partial charge in [0.2, 0.25) is 0 Å². The number of hydrogen-bond donors (Lipinski definition) is 1. The molecule has 0 spiro atoms. The summed E-state index contributed by atoms with van der Waals surface area (Å²) in [6, 6.07) is 1.28. The third-order valence-electron chi connectivity index (χ3n) is 1.96. The molecule has 1 N–H and O–H groups in total. The van der Waals surface area contributed by atoms with E-state index >= 15 is 0 Å². The molecule has 0 aromatic carbocycles.